The molecule has 1 fully saturated rings. The number of amides is 2. The highest BCUT2D eigenvalue weighted by Gasteiger charge is 2.28. The number of alkyl halides is 4. The van der Waals surface area contributed by atoms with Crippen LogP contribution in [0.4, 0.5) is 28.9 Å². The van der Waals surface area contributed by atoms with Crippen LogP contribution in [0.5, 0.6) is 34.5 Å². The van der Waals surface area contributed by atoms with Gasteiger partial charge in [0.05, 0.1) is 65.7 Å². The van der Waals surface area contributed by atoms with E-state index in [9.17, 15) is 27.2 Å². The number of aromatic nitrogens is 14. The second kappa shape index (κ2) is 21.7. The zero-order valence-corrected chi connectivity index (χ0v) is 41.8. The number of hydrogen-bond donors (Lipinski definition) is 2. The van der Waals surface area contributed by atoms with Crippen LogP contribution in [0.25, 0.3) is 33.8 Å². The van der Waals surface area contributed by atoms with Crippen LogP contribution >= 0.6 is 0 Å². The molecule has 0 spiro atoms. The lowest BCUT2D eigenvalue weighted by molar-refractivity contribution is -0.0501. The van der Waals surface area contributed by atoms with E-state index in [0.717, 1.165) is 19.4 Å². The molecule has 8 heterocycles. The van der Waals surface area contributed by atoms with E-state index in [1.165, 1.54) is 67.2 Å². The highest BCUT2D eigenvalue weighted by Crippen LogP contribution is 2.42. The van der Waals surface area contributed by atoms with Gasteiger partial charge in [-0.25, -0.2) is 19.0 Å². The summed E-state index contributed by atoms with van der Waals surface area (Å²) in [6.45, 7) is 0.934. The number of carbonyl (C=O) groups excluding carboxylic acids is 2. The van der Waals surface area contributed by atoms with Crippen molar-refractivity contribution in [3.05, 3.63) is 134 Å². The molecule has 0 radical (unpaired) electrons. The average molecular weight is 1060 g/mol. The summed E-state index contributed by atoms with van der Waals surface area (Å²) in [6.07, 6.45) is 21.2. The fourth-order valence-electron chi connectivity index (χ4n) is 8.62. The number of carbonyl (C=O) groups is 2. The Morgan fingerprint density at radius 3 is 1.62 bits per heavy atom. The van der Waals surface area contributed by atoms with E-state index in [1.54, 1.807) is 86.7 Å². The largest absolute Gasteiger partial charge is 0.454 e. The zero-order valence-electron chi connectivity index (χ0n) is 41.8. The second-order valence-corrected chi connectivity index (χ2v) is 18.4. The molecule has 0 bridgehead atoms. The van der Waals surface area contributed by atoms with Gasteiger partial charge in [-0.15, -0.1) is 0 Å². The van der Waals surface area contributed by atoms with Gasteiger partial charge in [0.1, 0.15) is 45.5 Å². The van der Waals surface area contributed by atoms with E-state index in [0.29, 0.717) is 52.2 Å². The van der Waals surface area contributed by atoms with Gasteiger partial charge in [-0.2, -0.15) is 48.2 Å². The molecule has 22 nitrogen and oxygen atoms in total. The zero-order chi connectivity index (χ0) is 53.9. The summed E-state index contributed by atoms with van der Waals surface area (Å²) >= 11 is 0. The molecule has 2 amide bonds. The fourth-order valence-corrected chi connectivity index (χ4v) is 8.62. The maximum absolute atomic E-state index is 13.3. The lowest BCUT2D eigenvalue weighted by Gasteiger charge is -2.32. The van der Waals surface area contributed by atoms with Crippen LogP contribution in [0.3, 0.4) is 0 Å². The molecule has 8 aromatic heterocycles. The summed E-state index contributed by atoms with van der Waals surface area (Å²) < 4.78 is 84.0. The van der Waals surface area contributed by atoms with Crippen molar-refractivity contribution in [3.8, 4) is 57.0 Å². The Morgan fingerprint density at radius 1 is 0.649 bits per heavy atom. The van der Waals surface area contributed by atoms with Gasteiger partial charge in [0.15, 0.2) is 22.8 Å². The van der Waals surface area contributed by atoms with Gasteiger partial charge in [-0.3, -0.25) is 28.3 Å². The van der Waals surface area contributed by atoms with Gasteiger partial charge in [-0.1, -0.05) is 20.8 Å². The summed E-state index contributed by atoms with van der Waals surface area (Å²) in [4.78, 5) is 34.6. The summed E-state index contributed by atoms with van der Waals surface area (Å²) in [6, 6.07) is 12.6. The number of nitrogens with zero attached hydrogens (tertiary/aromatic N) is 14. The first kappa shape index (κ1) is 50.9. The van der Waals surface area contributed by atoms with Crippen molar-refractivity contribution in [3.63, 3.8) is 0 Å². The predicted octanol–water partition coefficient (Wildman–Crippen LogP) is 9.57. The SMILES string of the molecule is CC(C)Cn1cc(Oc2ccc(OC(F)F)c(-c3nn(C)cc3NC(=O)c3cnn4cccnc34)c2)cn1.CC1CC(n2cc(Oc3ccc(OC(F)F)c(-c4nn(C)cc4NC(=O)c4cnn5cccnc45)c3)cn2)C1. The third-order valence-corrected chi connectivity index (χ3v) is 12.0. The van der Waals surface area contributed by atoms with Crippen molar-refractivity contribution < 1.29 is 46.1 Å². The number of aryl methyl sites for hydroxylation is 2. The molecule has 0 aliphatic heterocycles. The Kier molecular flexibility index (Phi) is 14.3. The molecule has 0 saturated heterocycles. The van der Waals surface area contributed by atoms with Gasteiger partial charge < -0.3 is 29.6 Å². The van der Waals surface area contributed by atoms with E-state index in [1.807, 2.05) is 10.9 Å². The van der Waals surface area contributed by atoms with Gasteiger partial charge in [0.2, 0.25) is 0 Å². The minimum Gasteiger partial charge on any atom is -0.454 e. The van der Waals surface area contributed by atoms with Crippen LogP contribution < -0.4 is 29.6 Å². The highest BCUT2D eigenvalue weighted by atomic mass is 19.3. The molecule has 2 N–H and O–H groups in total. The normalized spacial score (nSPS) is 14.2. The minimum absolute atomic E-state index is 0.122. The number of halogens is 4. The molecule has 0 atom stereocenters. The summed E-state index contributed by atoms with van der Waals surface area (Å²) in [7, 11) is 3.30. The standard InChI is InChI=1S/C26H24F2N8O3.C25H24F2N8O3/c1-15-8-16(9-15)36-13-18(11-30-36)38-17-4-5-22(39-26(27)28)19(10-17)23-21(14-34(2)33-23)32-25(37)20-12-31-35-7-3-6-29-24(20)35;1-15(2)12-34-13-17(10-29-34)37-16-5-6-21(38-25(26)27)18(9-16)22-20(14-33(3)32-22)31-24(36)19-11-30-35-8-4-7-28-23(19)35/h3-7,10-16,26H,8-9H2,1-2H3,(H,32,37);4-11,13-15,25H,12H2,1-3H3,(H,31,36). The molecule has 1 saturated carbocycles. The number of fused-ring (bicyclic) bond motifs is 2. The van der Waals surface area contributed by atoms with Crippen molar-refractivity contribution in [1.82, 2.24) is 68.3 Å². The number of rotatable bonds is 17. The number of benzene rings is 2. The number of ether oxygens (including phenoxy) is 4. The van der Waals surface area contributed by atoms with Crippen LogP contribution in [-0.2, 0) is 20.6 Å². The average Bonchev–Trinajstić information content (AvgIpc) is 4.28. The van der Waals surface area contributed by atoms with Crippen LogP contribution in [0, 0.1) is 11.8 Å². The predicted molar refractivity (Wildman–Crippen MR) is 269 cm³/mol. The Bertz CT molecular complexity index is 3720. The number of nitrogens with one attached hydrogen (secondary N) is 2. The van der Waals surface area contributed by atoms with Gasteiger partial charge in [0, 0.05) is 57.8 Å². The first-order valence-electron chi connectivity index (χ1n) is 24.0. The smallest absolute Gasteiger partial charge is 0.387 e. The van der Waals surface area contributed by atoms with Crippen molar-refractivity contribution in [2.75, 3.05) is 10.6 Å². The molecule has 396 valence electrons. The number of anilines is 2. The maximum atomic E-state index is 13.3. The monoisotopic (exact) mass is 1060 g/mol. The summed E-state index contributed by atoms with van der Waals surface area (Å²) in [5.41, 5.74) is 2.60. The minimum atomic E-state index is -3.07. The first-order chi connectivity index (χ1) is 37.1. The molecule has 10 aromatic rings. The molecule has 1 aliphatic rings. The Morgan fingerprint density at radius 2 is 1.14 bits per heavy atom. The molecule has 2 aromatic carbocycles. The molecule has 1 aliphatic carbocycles. The molecule has 26 heteroatoms. The number of hydrogen-bond acceptors (Lipinski definition) is 14. The molecule has 11 rings (SSSR count). The van der Waals surface area contributed by atoms with Gasteiger partial charge >= 0.3 is 13.2 Å². The lowest BCUT2D eigenvalue weighted by atomic mass is 9.82. The Hall–Kier alpha value is -9.62. The third-order valence-electron chi connectivity index (χ3n) is 12.0. The van der Waals surface area contributed by atoms with Gasteiger partial charge in [-0.05, 0) is 73.2 Å². The van der Waals surface area contributed by atoms with Crippen LogP contribution in [0.15, 0.2) is 123 Å². The van der Waals surface area contributed by atoms with Crippen molar-refractivity contribution in [1.29, 1.82) is 0 Å². The van der Waals surface area contributed by atoms with E-state index >= 15 is 0 Å². The first-order valence-corrected chi connectivity index (χ1v) is 24.0. The maximum Gasteiger partial charge on any atom is 0.387 e. The van der Waals surface area contributed by atoms with Gasteiger partial charge in [0.25, 0.3) is 11.8 Å². The van der Waals surface area contributed by atoms with Crippen molar-refractivity contribution in [2.45, 2.75) is 59.4 Å². The molecular formula is C51H48F4N16O6. The quantitative estimate of drug-likeness (QED) is 0.0810. The second-order valence-electron chi connectivity index (χ2n) is 18.4. The topological polar surface area (TPSA) is 227 Å². The fraction of sp³-hybridized carbons (Fsp3) is 0.255. The van der Waals surface area contributed by atoms with Crippen molar-refractivity contribution >= 4 is 34.5 Å². The summed E-state index contributed by atoms with van der Waals surface area (Å²) in [5, 5.41) is 31.3. The Labute approximate surface area is 434 Å². The molecule has 0 unspecified atom stereocenters. The van der Waals surface area contributed by atoms with E-state index in [2.05, 4.69) is 72.0 Å². The third kappa shape index (κ3) is 11.5. The molecular weight excluding hydrogens is 1010 g/mol. The van der Waals surface area contributed by atoms with Crippen LogP contribution in [0.1, 0.15) is 60.4 Å². The summed E-state index contributed by atoms with van der Waals surface area (Å²) in [5.74, 6) is 1.54. The van der Waals surface area contributed by atoms with E-state index in [-0.39, 0.29) is 56.5 Å². The van der Waals surface area contributed by atoms with E-state index in [4.69, 9.17) is 18.9 Å². The lowest BCUT2D eigenvalue weighted by Crippen LogP contribution is -2.24. The van der Waals surface area contributed by atoms with Crippen LogP contribution in [-0.4, -0.2) is 93.4 Å². The highest BCUT2D eigenvalue weighted by molar-refractivity contribution is 6.10. The van der Waals surface area contributed by atoms with Crippen LogP contribution in [0.2, 0.25) is 0 Å². The molecule has 77 heavy (non-hydrogen) atoms. The Balaban J connectivity index is 0.000000175. The van der Waals surface area contributed by atoms with Crippen molar-refractivity contribution in [2.24, 2.45) is 25.9 Å². The van der Waals surface area contributed by atoms with E-state index < -0.39 is 25.0 Å².